The Morgan fingerprint density at radius 1 is 0.371 bits per heavy atom. The highest BCUT2D eigenvalue weighted by Crippen LogP contribution is 2.63. The van der Waals surface area contributed by atoms with Gasteiger partial charge in [-0.3, -0.25) is 0 Å². The van der Waals surface area contributed by atoms with E-state index in [2.05, 4.69) is 250 Å². The highest BCUT2D eigenvalue weighted by molar-refractivity contribution is 9.10. The average Bonchev–Trinajstić information content (AvgIpc) is 3.94. The van der Waals surface area contributed by atoms with E-state index in [1.165, 1.54) is 77.1 Å². The van der Waals surface area contributed by atoms with Gasteiger partial charge in [0, 0.05) is 37.7 Å². The molecule has 0 radical (unpaired) electrons. The summed E-state index contributed by atoms with van der Waals surface area (Å²) in [6.45, 7) is 0. The Morgan fingerprint density at radius 2 is 0.887 bits per heavy atom. The van der Waals surface area contributed by atoms with Crippen molar-refractivity contribution in [3.05, 3.63) is 251 Å². The predicted octanol–water partition coefficient (Wildman–Crippen LogP) is 16.2. The van der Waals surface area contributed by atoms with E-state index in [-0.39, 0.29) is 0 Å². The van der Waals surface area contributed by atoms with Gasteiger partial charge in [0.15, 0.2) is 0 Å². The fourth-order valence-corrected chi connectivity index (χ4v) is 11.4. The van der Waals surface area contributed by atoms with E-state index in [9.17, 15) is 0 Å². The van der Waals surface area contributed by atoms with Crippen LogP contribution in [0, 0.1) is 0 Å². The molecule has 10 aromatic carbocycles. The molecule has 0 aliphatic heterocycles. The number of halogens is 1. The molecule has 13 rings (SSSR count). The molecule has 11 aromatic rings. The summed E-state index contributed by atoms with van der Waals surface area (Å²) >= 11 is 3.91. The van der Waals surface area contributed by atoms with E-state index in [4.69, 9.17) is 0 Å². The maximum Gasteiger partial charge on any atom is 0.0726 e. The Hall–Kier alpha value is -7.46. The van der Waals surface area contributed by atoms with Crippen LogP contribution in [0.5, 0.6) is 0 Å². The fraction of sp³-hybridized carbons (Fsp3) is 0.0169. The van der Waals surface area contributed by atoms with Crippen LogP contribution in [0.4, 0.5) is 17.1 Å². The second-order valence-electron chi connectivity index (χ2n) is 16.6. The predicted molar refractivity (Wildman–Crippen MR) is 262 cm³/mol. The van der Waals surface area contributed by atoms with Gasteiger partial charge in [0.1, 0.15) is 0 Å². The molecular formula is C59H37BrN2. The zero-order valence-corrected chi connectivity index (χ0v) is 35.2. The van der Waals surface area contributed by atoms with E-state index >= 15 is 0 Å². The molecule has 0 bridgehead atoms. The molecule has 290 valence electrons. The van der Waals surface area contributed by atoms with Crippen LogP contribution in [-0.2, 0) is 5.41 Å². The lowest BCUT2D eigenvalue weighted by Crippen LogP contribution is -2.26. The third-order valence-corrected chi connectivity index (χ3v) is 13.9. The number of rotatable bonds is 5. The molecule has 1 heterocycles. The van der Waals surface area contributed by atoms with E-state index in [1.807, 2.05) is 0 Å². The minimum absolute atomic E-state index is 0.432. The van der Waals surface area contributed by atoms with Crippen molar-refractivity contribution in [3.8, 4) is 39.1 Å². The first-order chi connectivity index (χ1) is 30.7. The van der Waals surface area contributed by atoms with Crippen molar-refractivity contribution in [2.24, 2.45) is 0 Å². The van der Waals surface area contributed by atoms with Gasteiger partial charge in [-0.2, -0.15) is 0 Å². The van der Waals surface area contributed by atoms with Gasteiger partial charge >= 0.3 is 0 Å². The summed E-state index contributed by atoms with van der Waals surface area (Å²) in [4.78, 5) is 2.46. The summed E-state index contributed by atoms with van der Waals surface area (Å²) < 4.78 is 3.42. The molecule has 1 aromatic heterocycles. The van der Waals surface area contributed by atoms with Crippen LogP contribution in [0.3, 0.4) is 0 Å². The van der Waals surface area contributed by atoms with Crippen LogP contribution in [0.15, 0.2) is 229 Å². The van der Waals surface area contributed by atoms with Crippen molar-refractivity contribution in [2.75, 3.05) is 4.90 Å². The first kappa shape index (κ1) is 35.3. The van der Waals surface area contributed by atoms with Gasteiger partial charge < -0.3 is 9.47 Å². The lowest BCUT2D eigenvalue weighted by molar-refractivity contribution is 0.793. The van der Waals surface area contributed by atoms with Gasteiger partial charge in [0.05, 0.1) is 22.1 Å². The quantitative estimate of drug-likeness (QED) is 0.167. The van der Waals surface area contributed by atoms with Crippen LogP contribution in [0.2, 0.25) is 0 Å². The van der Waals surface area contributed by atoms with Gasteiger partial charge in [0.25, 0.3) is 0 Å². The highest BCUT2D eigenvalue weighted by Gasteiger charge is 2.51. The van der Waals surface area contributed by atoms with Crippen molar-refractivity contribution >= 4 is 65.6 Å². The fourth-order valence-electron chi connectivity index (χ4n) is 10.9. The molecule has 0 saturated carbocycles. The average molecular weight is 854 g/mol. The molecule has 0 saturated heterocycles. The molecule has 2 aliphatic rings. The maximum atomic E-state index is 3.91. The minimum Gasteiger partial charge on any atom is -0.310 e. The molecular weight excluding hydrogens is 817 g/mol. The minimum atomic E-state index is -0.432. The highest BCUT2D eigenvalue weighted by atomic mass is 79.9. The van der Waals surface area contributed by atoms with Crippen LogP contribution in [0.1, 0.15) is 22.3 Å². The van der Waals surface area contributed by atoms with Crippen LogP contribution in [-0.4, -0.2) is 4.57 Å². The Bertz CT molecular complexity index is 3490. The summed E-state index contributed by atoms with van der Waals surface area (Å²) in [5.41, 5.74) is 19.3. The summed E-state index contributed by atoms with van der Waals surface area (Å²) in [5, 5.41) is 4.93. The monoisotopic (exact) mass is 852 g/mol. The van der Waals surface area contributed by atoms with E-state index in [0.29, 0.717) is 0 Å². The molecule has 62 heavy (non-hydrogen) atoms. The largest absolute Gasteiger partial charge is 0.310 e. The SMILES string of the molecule is Brc1cc(-c2ccc(N(c3ccc4c(c3)C3(c5ccccc5-c5ccccc53)c3ccccc3-4)c3cccc4ccccc34)cc2)cc(-n2c3ccccc3c3ccccc32)c1. The number of benzene rings is 10. The molecule has 2 aliphatic carbocycles. The van der Waals surface area contributed by atoms with Crippen LogP contribution in [0.25, 0.3) is 71.6 Å². The number of hydrogen-bond donors (Lipinski definition) is 0. The summed E-state index contributed by atoms with van der Waals surface area (Å²) in [5.74, 6) is 0. The third kappa shape index (κ3) is 4.97. The summed E-state index contributed by atoms with van der Waals surface area (Å²) in [7, 11) is 0. The first-order valence-electron chi connectivity index (χ1n) is 21.3. The van der Waals surface area contributed by atoms with Crippen molar-refractivity contribution in [3.63, 3.8) is 0 Å². The van der Waals surface area contributed by atoms with Crippen molar-refractivity contribution < 1.29 is 0 Å². The van der Waals surface area contributed by atoms with Gasteiger partial charge in [-0.05, 0) is 122 Å². The first-order valence-corrected chi connectivity index (χ1v) is 22.1. The van der Waals surface area contributed by atoms with Gasteiger partial charge in [-0.25, -0.2) is 0 Å². The molecule has 0 amide bonds. The van der Waals surface area contributed by atoms with E-state index < -0.39 is 5.41 Å². The lowest BCUT2D eigenvalue weighted by atomic mass is 9.70. The third-order valence-electron chi connectivity index (χ3n) is 13.4. The molecule has 0 fully saturated rings. The number of fused-ring (bicyclic) bond motifs is 14. The Labute approximate surface area is 368 Å². The Kier molecular flexibility index (Phi) is 7.70. The van der Waals surface area contributed by atoms with E-state index in [0.717, 1.165) is 38.3 Å². The van der Waals surface area contributed by atoms with Gasteiger partial charge in [0.2, 0.25) is 0 Å². The number of para-hydroxylation sites is 2. The molecule has 0 unspecified atom stereocenters. The second-order valence-corrected chi connectivity index (χ2v) is 17.5. The van der Waals surface area contributed by atoms with Crippen molar-refractivity contribution in [1.82, 2.24) is 4.57 Å². The smallest absolute Gasteiger partial charge is 0.0726 e. The molecule has 0 N–H and O–H groups in total. The number of anilines is 3. The summed E-state index contributed by atoms with van der Waals surface area (Å²) in [6, 6.07) is 83.0. The topological polar surface area (TPSA) is 8.17 Å². The Balaban J connectivity index is 0.992. The number of nitrogens with zero attached hydrogens (tertiary/aromatic N) is 2. The number of hydrogen-bond acceptors (Lipinski definition) is 1. The van der Waals surface area contributed by atoms with E-state index in [1.54, 1.807) is 0 Å². The zero-order chi connectivity index (χ0) is 40.9. The standard InChI is InChI=1S/C59H37BrN2/c60-41-34-40(35-44(36-41)62-57-25-11-6-20-50(57)51-21-7-12-26-58(51)62)38-28-30-42(31-29-38)61(56-27-13-15-39-14-1-2-16-45(39)56)43-32-33-49-48-19-5-10-24-54(48)59(55(49)37-43)52-22-8-3-17-46(52)47-18-4-9-23-53(47)59/h1-37H. The lowest BCUT2D eigenvalue weighted by Gasteiger charge is -2.32. The Morgan fingerprint density at radius 3 is 1.53 bits per heavy atom. The normalized spacial score (nSPS) is 13.0. The van der Waals surface area contributed by atoms with Gasteiger partial charge in [-0.1, -0.05) is 180 Å². The molecule has 2 nitrogen and oxygen atoms in total. The zero-order valence-electron chi connectivity index (χ0n) is 33.6. The summed E-state index contributed by atoms with van der Waals surface area (Å²) in [6.07, 6.45) is 0. The van der Waals surface area contributed by atoms with Crippen molar-refractivity contribution in [2.45, 2.75) is 5.41 Å². The second kappa shape index (κ2) is 13.5. The van der Waals surface area contributed by atoms with Crippen molar-refractivity contribution in [1.29, 1.82) is 0 Å². The maximum absolute atomic E-state index is 3.91. The molecule has 0 atom stereocenters. The van der Waals surface area contributed by atoms with Crippen LogP contribution < -0.4 is 4.90 Å². The molecule has 3 heteroatoms. The number of aromatic nitrogens is 1. The molecule has 1 spiro atoms. The van der Waals surface area contributed by atoms with Crippen LogP contribution >= 0.6 is 15.9 Å². The van der Waals surface area contributed by atoms with Gasteiger partial charge in [-0.15, -0.1) is 0 Å².